The predicted molar refractivity (Wildman–Crippen MR) is 96.6 cm³/mol. The SMILES string of the molecule is CCOC(=O)c1ccc(N2CCCN(C(=O)c3ccc(Cl)o3)CC2)nc1. The van der Waals surface area contributed by atoms with Gasteiger partial charge in [-0.15, -0.1) is 0 Å². The van der Waals surface area contributed by atoms with E-state index in [-0.39, 0.29) is 22.9 Å². The second kappa shape index (κ2) is 8.23. The minimum Gasteiger partial charge on any atom is -0.462 e. The molecule has 2 aromatic rings. The fourth-order valence-corrected chi connectivity index (χ4v) is 2.99. The standard InChI is InChI=1S/C18H20ClN3O4/c1-2-25-18(24)13-4-7-16(20-12-13)21-8-3-9-22(11-10-21)17(23)14-5-6-15(19)26-14/h4-7,12H,2-3,8-11H2,1H3. The van der Waals surface area contributed by atoms with Gasteiger partial charge in [0.05, 0.1) is 12.2 Å². The maximum atomic E-state index is 12.5. The third kappa shape index (κ3) is 4.16. The summed E-state index contributed by atoms with van der Waals surface area (Å²) >= 11 is 5.75. The van der Waals surface area contributed by atoms with Gasteiger partial charge in [-0.05, 0) is 49.2 Å². The van der Waals surface area contributed by atoms with Crippen molar-refractivity contribution in [1.82, 2.24) is 9.88 Å². The Bertz CT molecular complexity index is 775. The Hall–Kier alpha value is -2.54. The van der Waals surface area contributed by atoms with Gasteiger partial charge >= 0.3 is 5.97 Å². The second-order valence-corrected chi connectivity index (χ2v) is 6.23. The lowest BCUT2D eigenvalue weighted by Crippen LogP contribution is -2.35. The number of esters is 1. The van der Waals surface area contributed by atoms with E-state index in [4.69, 9.17) is 20.8 Å². The number of halogens is 1. The predicted octanol–water partition coefficient (Wildman–Crippen LogP) is 2.86. The largest absolute Gasteiger partial charge is 0.462 e. The smallest absolute Gasteiger partial charge is 0.339 e. The van der Waals surface area contributed by atoms with Crippen molar-refractivity contribution >= 4 is 29.3 Å². The number of pyridine rings is 1. The van der Waals surface area contributed by atoms with Crippen molar-refractivity contribution in [3.05, 3.63) is 47.0 Å². The molecule has 1 saturated heterocycles. The summed E-state index contributed by atoms with van der Waals surface area (Å²) in [7, 11) is 0. The Morgan fingerprint density at radius 3 is 2.69 bits per heavy atom. The van der Waals surface area contributed by atoms with Gasteiger partial charge in [-0.25, -0.2) is 9.78 Å². The molecule has 0 bridgehead atoms. The van der Waals surface area contributed by atoms with Crippen LogP contribution in [-0.4, -0.2) is 54.5 Å². The van der Waals surface area contributed by atoms with E-state index in [1.54, 1.807) is 36.1 Å². The number of hydrogen-bond donors (Lipinski definition) is 0. The average Bonchev–Trinajstić information content (AvgIpc) is 2.93. The fraction of sp³-hybridized carbons (Fsp3) is 0.389. The molecular formula is C18H20ClN3O4. The van der Waals surface area contributed by atoms with Gasteiger partial charge < -0.3 is 19.0 Å². The highest BCUT2D eigenvalue weighted by molar-refractivity contribution is 6.29. The van der Waals surface area contributed by atoms with Gasteiger partial charge in [0.2, 0.25) is 0 Å². The van der Waals surface area contributed by atoms with E-state index >= 15 is 0 Å². The topological polar surface area (TPSA) is 75.9 Å². The van der Waals surface area contributed by atoms with Crippen LogP contribution in [0, 0.1) is 0 Å². The van der Waals surface area contributed by atoms with Crippen LogP contribution in [-0.2, 0) is 4.74 Å². The van der Waals surface area contributed by atoms with E-state index in [1.807, 2.05) is 0 Å². The lowest BCUT2D eigenvalue weighted by Gasteiger charge is -2.22. The van der Waals surface area contributed by atoms with E-state index < -0.39 is 0 Å². The van der Waals surface area contributed by atoms with Gasteiger partial charge in [-0.2, -0.15) is 0 Å². The van der Waals surface area contributed by atoms with Crippen molar-refractivity contribution in [3.63, 3.8) is 0 Å². The van der Waals surface area contributed by atoms with Crippen LogP contribution >= 0.6 is 11.6 Å². The molecule has 1 aliphatic rings. The molecule has 0 atom stereocenters. The minimum atomic E-state index is -0.378. The third-order valence-electron chi connectivity index (χ3n) is 4.15. The number of furan rings is 1. The summed E-state index contributed by atoms with van der Waals surface area (Å²) in [6.07, 6.45) is 2.33. The molecule has 8 heteroatoms. The zero-order valence-electron chi connectivity index (χ0n) is 14.5. The zero-order valence-corrected chi connectivity index (χ0v) is 15.2. The Labute approximate surface area is 156 Å². The highest BCUT2D eigenvalue weighted by Crippen LogP contribution is 2.18. The highest BCUT2D eigenvalue weighted by Gasteiger charge is 2.23. The Kier molecular flexibility index (Phi) is 5.78. The first-order valence-electron chi connectivity index (χ1n) is 8.51. The molecule has 0 unspecified atom stereocenters. The number of rotatable bonds is 4. The molecule has 26 heavy (non-hydrogen) atoms. The zero-order chi connectivity index (χ0) is 18.5. The number of hydrogen-bond acceptors (Lipinski definition) is 6. The lowest BCUT2D eigenvalue weighted by atomic mass is 10.2. The van der Waals surface area contributed by atoms with Gasteiger partial charge in [-0.3, -0.25) is 4.79 Å². The van der Waals surface area contributed by atoms with Crippen molar-refractivity contribution in [3.8, 4) is 0 Å². The molecule has 1 amide bonds. The summed E-state index contributed by atoms with van der Waals surface area (Å²) in [5, 5.41) is 0.204. The normalized spacial score (nSPS) is 14.8. The summed E-state index contributed by atoms with van der Waals surface area (Å²) in [5.41, 5.74) is 0.428. The van der Waals surface area contributed by atoms with Crippen LogP contribution in [0.1, 0.15) is 34.3 Å². The summed E-state index contributed by atoms with van der Waals surface area (Å²) in [5.74, 6) is 0.481. The van der Waals surface area contributed by atoms with Crippen molar-refractivity contribution in [2.75, 3.05) is 37.7 Å². The van der Waals surface area contributed by atoms with E-state index in [1.165, 1.54) is 6.20 Å². The summed E-state index contributed by atoms with van der Waals surface area (Å²) < 4.78 is 10.2. The van der Waals surface area contributed by atoms with Gasteiger partial charge in [0.1, 0.15) is 5.82 Å². The van der Waals surface area contributed by atoms with E-state index in [0.29, 0.717) is 31.8 Å². The molecule has 0 radical (unpaired) electrons. The molecule has 2 aromatic heterocycles. The number of anilines is 1. The molecule has 3 heterocycles. The molecule has 0 N–H and O–H groups in total. The van der Waals surface area contributed by atoms with Gasteiger partial charge in [0.15, 0.2) is 11.0 Å². The fourth-order valence-electron chi connectivity index (χ4n) is 2.84. The molecule has 1 fully saturated rings. The van der Waals surface area contributed by atoms with Crippen molar-refractivity contribution < 1.29 is 18.7 Å². The minimum absolute atomic E-state index is 0.163. The van der Waals surface area contributed by atoms with E-state index in [0.717, 1.165) is 18.8 Å². The Balaban J connectivity index is 1.63. The van der Waals surface area contributed by atoms with E-state index in [9.17, 15) is 9.59 Å². The molecular weight excluding hydrogens is 358 g/mol. The van der Waals surface area contributed by atoms with Crippen LogP contribution in [0.15, 0.2) is 34.9 Å². The van der Waals surface area contributed by atoms with Crippen molar-refractivity contribution in [1.29, 1.82) is 0 Å². The Morgan fingerprint density at radius 1 is 1.19 bits per heavy atom. The number of aromatic nitrogens is 1. The number of carbonyl (C=O) groups is 2. The van der Waals surface area contributed by atoms with Gasteiger partial charge in [0.25, 0.3) is 5.91 Å². The molecule has 0 saturated carbocycles. The molecule has 7 nitrogen and oxygen atoms in total. The molecule has 138 valence electrons. The summed E-state index contributed by atoms with van der Waals surface area (Å²) in [6, 6.07) is 6.66. The van der Waals surface area contributed by atoms with Crippen molar-refractivity contribution in [2.45, 2.75) is 13.3 Å². The van der Waals surface area contributed by atoms with Crippen LogP contribution in [0.25, 0.3) is 0 Å². The third-order valence-corrected chi connectivity index (χ3v) is 4.35. The van der Waals surface area contributed by atoms with Crippen LogP contribution < -0.4 is 4.90 Å². The first-order chi connectivity index (χ1) is 12.6. The summed E-state index contributed by atoms with van der Waals surface area (Å²) in [6.45, 7) is 4.70. The number of carbonyl (C=O) groups excluding carboxylic acids is 2. The quantitative estimate of drug-likeness (QED) is 0.762. The van der Waals surface area contributed by atoms with Crippen molar-refractivity contribution in [2.24, 2.45) is 0 Å². The van der Waals surface area contributed by atoms with Gasteiger partial charge in [-0.1, -0.05) is 0 Å². The van der Waals surface area contributed by atoms with Crippen LogP contribution in [0.4, 0.5) is 5.82 Å². The Morgan fingerprint density at radius 2 is 2.04 bits per heavy atom. The highest BCUT2D eigenvalue weighted by atomic mass is 35.5. The molecule has 0 aromatic carbocycles. The number of ether oxygens (including phenoxy) is 1. The van der Waals surface area contributed by atoms with Gasteiger partial charge in [0, 0.05) is 32.4 Å². The average molecular weight is 378 g/mol. The monoisotopic (exact) mass is 377 g/mol. The molecule has 0 spiro atoms. The first-order valence-corrected chi connectivity index (χ1v) is 8.89. The summed E-state index contributed by atoms with van der Waals surface area (Å²) in [4.78, 5) is 32.4. The second-order valence-electron chi connectivity index (χ2n) is 5.86. The van der Waals surface area contributed by atoms with Crippen LogP contribution in [0.3, 0.4) is 0 Å². The lowest BCUT2D eigenvalue weighted by molar-refractivity contribution is 0.0525. The molecule has 0 aliphatic carbocycles. The maximum Gasteiger partial charge on any atom is 0.339 e. The van der Waals surface area contributed by atoms with Crippen LogP contribution in [0.5, 0.6) is 0 Å². The molecule has 3 rings (SSSR count). The van der Waals surface area contributed by atoms with E-state index in [2.05, 4.69) is 9.88 Å². The maximum absolute atomic E-state index is 12.5. The number of amides is 1. The molecule has 1 aliphatic heterocycles. The first kappa shape index (κ1) is 18.3. The van der Waals surface area contributed by atoms with Crippen LogP contribution in [0.2, 0.25) is 5.22 Å². The number of nitrogens with zero attached hydrogens (tertiary/aromatic N) is 3.